The molecule has 2 rings (SSSR count). The highest BCUT2D eigenvalue weighted by atomic mass is 16.1. The minimum Gasteiger partial charge on any atom is -0.369 e. The Labute approximate surface area is 65.4 Å². The molecule has 0 aromatic heterocycles. The van der Waals surface area contributed by atoms with E-state index in [0.717, 1.165) is 6.42 Å². The van der Waals surface area contributed by atoms with Gasteiger partial charge in [0, 0.05) is 6.04 Å². The maximum atomic E-state index is 10.9. The van der Waals surface area contributed by atoms with E-state index in [2.05, 4.69) is 12.2 Å². The van der Waals surface area contributed by atoms with Crippen LogP contribution < -0.4 is 11.5 Å². The van der Waals surface area contributed by atoms with Crippen molar-refractivity contribution in [2.75, 3.05) is 0 Å². The summed E-state index contributed by atoms with van der Waals surface area (Å²) < 4.78 is 0. The van der Waals surface area contributed by atoms with Crippen molar-refractivity contribution in [3.05, 3.63) is 12.2 Å². The minimum absolute atomic E-state index is 0.0255. The zero-order valence-electron chi connectivity index (χ0n) is 6.23. The monoisotopic (exact) mass is 152 g/mol. The highest BCUT2D eigenvalue weighted by Crippen LogP contribution is 2.42. The Balaban J connectivity index is 2.25. The molecule has 0 heterocycles. The summed E-state index contributed by atoms with van der Waals surface area (Å²) >= 11 is 0. The molecule has 3 nitrogen and oxygen atoms in total. The lowest BCUT2D eigenvalue weighted by molar-refractivity contribution is -0.122. The Morgan fingerprint density at radius 3 is 2.36 bits per heavy atom. The third-order valence-corrected chi connectivity index (χ3v) is 2.85. The molecule has 1 saturated carbocycles. The van der Waals surface area contributed by atoms with Gasteiger partial charge in [0.25, 0.3) is 0 Å². The van der Waals surface area contributed by atoms with E-state index in [9.17, 15) is 4.79 Å². The van der Waals surface area contributed by atoms with Crippen molar-refractivity contribution in [2.45, 2.75) is 12.5 Å². The largest absolute Gasteiger partial charge is 0.369 e. The molecule has 4 atom stereocenters. The lowest BCUT2D eigenvalue weighted by Gasteiger charge is -2.20. The lowest BCUT2D eigenvalue weighted by Crippen LogP contribution is -2.41. The number of nitrogens with two attached hydrogens (primary N) is 2. The second-order valence-corrected chi connectivity index (χ2v) is 3.45. The van der Waals surface area contributed by atoms with Crippen LogP contribution >= 0.6 is 0 Å². The molecule has 0 unspecified atom stereocenters. The topological polar surface area (TPSA) is 69.1 Å². The Bertz CT molecular complexity index is 224. The molecular weight excluding hydrogens is 140 g/mol. The average Bonchev–Trinajstić information content (AvgIpc) is 2.44. The summed E-state index contributed by atoms with van der Waals surface area (Å²) in [6.45, 7) is 0. The van der Waals surface area contributed by atoms with Crippen LogP contribution in [0, 0.1) is 17.8 Å². The fraction of sp³-hybridized carbons (Fsp3) is 0.625. The van der Waals surface area contributed by atoms with Crippen LogP contribution in [0.15, 0.2) is 12.2 Å². The molecule has 1 amide bonds. The Kier molecular flexibility index (Phi) is 1.29. The van der Waals surface area contributed by atoms with Crippen LogP contribution in [0.1, 0.15) is 6.42 Å². The van der Waals surface area contributed by atoms with Crippen LogP contribution in [0.3, 0.4) is 0 Å². The molecule has 2 bridgehead atoms. The van der Waals surface area contributed by atoms with Crippen molar-refractivity contribution in [1.82, 2.24) is 0 Å². The van der Waals surface area contributed by atoms with Gasteiger partial charge in [0.15, 0.2) is 0 Å². The van der Waals surface area contributed by atoms with Gasteiger partial charge in [-0.05, 0) is 18.3 Å². The average molecular weight is 152 g/mol. The molecular formula is C8H12N2O. The molecule has 0 saturated heterocycles. The number of hydrogen-bond acceptors (Lipinski definition) is 2. The summed E-state index contributed by atoms with van der Waals surface area (Å²) in [5, 5.41) is 0. The van der Waals surface area contributed by atoms with Gasteiger partial charge in [0.1, 0.15) is 0 Å². The minimum atomic E-state index is -0.241. The van der Waals surface area contributed by atoms with Crippen LogP contribution in [0.5, 0.6) is 0 Å². The molecule has 0 radical (unpaired) electrons. The Morgan fingerprint density at radius 2 is 2.00 bits per heavy atom. The number of primary amides is 1. The van der Waals surface area contributed by atoms with Crippen molar-refractivity contribution in [3.63, 3.8) is 0 Å². The van der Waals surface area contributed by atoms with E-state index in [-0.39, 0.29) is 17.9 Å². The van der Waals surface area contributed by atoms with Gasteiger partial charge in [-0.3, -0.25) is 4.79 Å². The molecule has 2 aliphatic carbocycles. The normalized spacial score (nSPS) is 46.6. The first-order chi connectivity index (χ1) is 5.20. The van der Waals surface area contributed by atoms with Crippen molar-refractivity contribution < 1.29 is 4.79 Å². The summed E-state index contributed by atoms with van der Waals surface area (Å²) in [7, 11) is 0. The number of rotatable bonds is 1. The van der Waals surface area contributed by atoms with Gasteiger partial charge < -0.3 is 11.5 Å². The molecule has 3 heteroatoms. The van der Waals surface area contributed by atoms with Crippen molar-refractivity contribution in [2.24, 2.45) is 29.2 Å². The molecule has 1 fully saturated rings. The molecule has 60 valence electrons. The molecule has 0 aromatic carbocycles. The van der Waals surface area contributed by atoms with Gasteiger partial charge in [-0.15, -0.1) is 0 Å². The second-order valence-electron chi connectivity index (χ2n) is 3.45. The third kappa shape index (κ3) is 0.807. The van der Waals surface area contributed by atoms with Crippen LogP contribution in [0.2, 0.25) is 0 Å². The summed E-state index contributed by atoms with van der Waals surface area (Å²) in [5.74, 6) is 0.379. The first-order valence-corrected chi connectivity index (χ1v) is 3.93. The standard InChI is InChI=1S/C8H12N2O/c9-7-5-2-1-4(3-5)6(7)8(10)11/h1-2,4-7H,3,9H2,(H2,10,11)/t4-,5-,6-,7-/m0/s1. The summed E-state index contributed by atoms with van der Waals surface area (Å²) in [6, 6.07) is -0.0255. The predicted octanol–water partition coefficient (Wildman–Crippen LogP) is -0.379. The smallest absolute Gasteiger partial charge is 0.222 e. The quantitative estimate of drug-likeness (QED) is 0.503. The maximum Gasteiger partial charge on any atom is 0.222 e. The lowest BCUT2D eigenvalue weighted by atomic mass is 9.89. The number of carbonyl (C=O) groups is 1. The molecule has 0 aromatic rings. The summed E-state index contributed by atoms with van der Waals surface area (Å²) in [6.07, 6.45) is 5.20. The Hall–Kier alpha value is -0.830. The molecule has 0 spiro atoms. The predicted molar refractivity (Wildman–Crippen MR) is 41.4 cm³/mol. The first-order valence-electron chi connectivity index (χ1n) is 3.93. The van der Waals surface area contributed by atoms with Gasteiger partial charge in [0.2, 0.25) is 5.91 Å². The number of allylic oxidation sites excluding steroid dienone is 1. The van der Waals surface area contributed by atoms with Crippen molar-refractivity contribution in [3.8, 4) is 0 Å². The third-order valence-electron chi connectivity index (χ3n) is 2.85. The Morgan fingerprint density at radius 1 is 1.36 bits per heavy atom. The van der Waals surface area contributed by atoms with Crippen LogP contribution in [0.4, 0.5) is 0 Å². The van der Waals surface area contributed by atoms with Crippen molar-refractivity contribution >= 4 is 5.91 Å². The molecule has 0 aliphatic heterocycles. The number of amides is 1. The van der Waals surface area contributed by atoms with E-state index < -0.39 is 0 Å². The number of carbonyl (C=O) groups excluding carboxylic acids is 1. The van der Waals surface area contributed by atoms with E-state index in [1.807, 2.05) is 0 Å². The fourth-order valence-electron chi connectivity index (χ4n) is 2.26. The fourth-order valence-corrected chi connectivity index (χ4v) is 2.26. The second kappa shape index (κ2) is 2.08. The van der Waals surface area contributed by atoms with Crippen LogP contribution in [0.25, 0.3) is 0 Å². The zero-order valence-corrected chi connectivity index (χ0v) is 6.23. The molecule has 11 heavy (non-hydrogen) atoms. The molecule has 2 aliphatic rings. The highest BCUT2D eigenvalue weighted by Gasteiger charge is 2.45. The van der Waals surface area contributed by atoms with Crippen LogP contribution in [-0.2, 0) is 4.79 Å². The van der Waals surface area contributed by atoms with Crippen molar-refractivity contribution in [1.29, 1.82) is 0 Å². The summed E-state index contributed by atoms with van der Waals surface area (Å²) in [4.78, 5) is 10.9. The maximum absolute atomic E-state index is 10.9. The van der Waals surface area contributed by atoms with Gasteiger partial charge in [-0.2, -0.15) is 0 Å². The van der Waals surface area contributed by atoms with Gasteiger partial charge in [-0.1, -0.05) is 12.2 Å². The van der Waals surface area contributed by atoms with E-state index in [4.69, 9.17) is 11.5 Å². The zero-order chi connectivity index (χ0) is 8.01. The molecule has 4 N–H and O–H groups in total. The summed E-state index contributed by atoms with van der Waals surface area (Å²) in [5.41, 5.74) is 11.0. The van der Waals surface area contributed by atoms with E-state index >= 15 is 0 Å². The van der Waals surface area contributed by atoms with E-state index in [1.165, 1.54) is 0 Å². The van der Waals surface area contributed by atoms with Gasteiger partial charge in [0.05, 0.1) is 5.92 Å². The number of hydrogen-bond donors (Lipinski definition) is 2. The van der Waals surface area contributed by atoms with Gasteiger partial charge >= 0.3 is 0 Å². The first kappa shape index (κ1) is 6.85. The van der Waals surface area contributed by atoms with Gasteiger partial charge in [-0.25, -0.2) is 0 Å². The van der Waals surface area contributed by atoms with E-state index in [0.29, 0.717) is 11.8 Å². The SMILES string of the molecule is NC(=O)[C@@H]1[C@@H](N)[C@H]2C=C[C@H]1C2. The number of fused-ring (bicyclic) bond motifs is 2. The van der Waals surface area contributed by atoms with E-state index in [1.54, 1.807) is 0 Å². The highest BCUT2D eigenvalue weighted by molar-refractivity contribution is 5.79. The van der Waals surface area contributed by atoms with Crippen LogP contribution in [-0.4, -0.2) is 11.9 Å².